The maximum atomic E-state index is 13.5. The van der Waals surface area contributed by atoms with Crippen molar-refractivity contribution < 1.29 is 23.4 Å². The predicted molar refractivity (Wildman–Crippen MR) is 136 cm³/mol. The summed E-state index contributed by atoms with van der Waals surface area (Å²) in [5.74, 6) is 0.213. The minimum atomic E-state index is -0.600. The number of benzene rings is 3. The van der Waals surface area contributed by atoms with Gasteiger partial charge >= 0.3 is 5.97 Å². The number of cyclic esters (lactones) is 1. The predicted octanol–water partition coefficient (Wildman–Crippen LogP) is 6.52. The van der Waals surface area contributed by atoms with Gasteiger partial charge in [0, 0.05) is 15.6 Å². The van der Waals surface area contributed by atoms with Gasteiger partial charge in [-0.15, -0.1) is 0 Å². The zero-order chi connectivity index (χ0) is 23.4. The van der Waals surface area contributed by atoms with Crippen LogP contribution in [0, 0.1) is 9.39 Å². The molecule has 4 rings (SSSR count). The zero-order valence-corrected chi connectivity index (χ0v) is 21.2. The molecule has 0 unspecified atom stereocenters. The lowest BCUT2D eigenvalue weighted by atomic mass is 10.1. The molecule has 0 fully saturated rings. The van der Waals surface area contributed by atoms with Gasteiger partial charge in [-0.25, -0.2) is 14.2 Å². The number of carbonyl (C=O) groups excluding carboxylic acids is 1. The fourth-order valence-electron chi connectivity index (χ4n) is 3.15. The van der Waals surface area contributed by atoms with E-state index in [1.807, 2.05) is 37.3 Å². The lowest BCUT2D eigenvalue weighted by molar-refractivity contribution is -0.129. The molecule has 33 heavy (non-hydrogen) atoms. The van der Waals surface area contributed by atoms with Crippen LogP contribution >= 0.6 is 38.5 Å². The van der Waals surface area contributed by atoms with E-state index in [9.17, 15) is 9.18 Å². The van der Waals surface area contributed by atoms with Crippen molar-refractivity contribution in [1.29, 1.82) is 0 Å². The second kappa shape index (κ2) is 10.5. The number of esters is 1. The van der Waals surface area contributed by atoms with Crippen LogP contribution in [0.15, 0.2) is 75.8 Å². The fourth-order valence-corrected chi connectivity index (χ4v) is 4.33. The van der Waals surface area contributed by atoms with Crippen LogP contribution in [0.1, 0.15) is 23.6 Å². The highest BCUT2D eigenvalue weighted by atomic mass is 127. The van der Waals surface area contributed by atoms with Gasteiger partial charge < -0.3 is 14.2 Å². The molecule has 0 spiro atoms. The van der Waals surface area contributed by atoms with E-state index >= 15 is 0 Å². The Kier molecular flexibility index (Phi) is 7.44. The van der Waals surface area contributed by atoms with E-state index in [1.165, 1.54) is 18.2 Å². The van der Waals surface area contributed by atoms with Crippen LogP contribution in [0.25, 0.3) is 6.08 Å². The van der Waals surface area contributed by atoms with Crippen LogP contribution in [-0.4, -0.2) is 18.5 Å². The summed E-state index contributed by atoms with van der Waals surface area (Å²) in [5.41, 5.74) is 2.23. The first-order chi connectivity index (χ1) is 15.9. The van der Waals surface area contributed by atoms with E-state index in [-0.39, 0.29) is 11.6 Å². The van der Waals surface area contributed by atoms with Gasteiger partial charge in [-0.2, -0.15) is 0 Å². The molecule has 3 aromatic carbocycles. The molecule has 0 aromatic heterocycles. The Hall–Kier alpha value is -2.72. The molecule has 0 atom stereocenters. The highest BCUT2D eigenvalue weighted by Crippen LogP contribution is 2.36. The molecule has 0 saturated heterocycles. The van der Waals surface area contributed by atoms with Gasteiger partial charge in [0.25, 0.3) is 0 Å². The fraction of sp³-hybridized carbons (Fsp3) is 0.120. The van der Waals surface area contributed by atoms with E-state index in [0.717, 1.165) is 13.6 Å². The first kappa shape index (κ1) is 23.4. The molecular weight excluding hydrogens is 604 g/mol. The summed E-state index contributed by atoms with van der Waals surface area (Å²) >= 11 is 5.70. The largest absolute Gasteiger partial charge is 0.490 e. The van der Waals surface area contributed by atoms with Crippen molar-refractivity contribution in [2.75, 3.05) is 6.61 Å². The van der Waals surface area contributed by atoms with Crippen molar-refractivity contribution in [3.8, 4) is 11.5 Å². The van der Waals surface area contributed by atoms with Crippen molar-refractivity contribution in [1.82, 2.24) is 0 Å². The van der Waals surface area contributed by atoms with Gasteiger partial charge in [0.1, 0.15) is 12.4 Å². The third kappa shape index (κ3) is 5.62. The standard InChI is InChI=1S/C25H18BrFINO4/c1-2-31-22-12-15(10-20(28)23(22)32-14-17-6-3-4-9-19(17)26)11-21-25(30)33-24(29-21)16-7-5-8-18(27)13-16/h3-13H,2,14H2,1H3/b21-11-. The average Bonchev–Trinajstić information content (AvgIpc) is 3.15. The molecule has 0 aliphatic carbocycles. The van der Waals surface area contributed by atoms with Gasteiger partial charge in [-0.05, 0) is 77.6 Å². The molecule has 0 bridgehead atoms. The number of hydrogen-bond acceptors (Lipinski definition) is 5. The lowest BCUT2D eigenvalue weighted by Crippen LogP contribution is -2.05. The minimum absolute atomic E-state index is 0.0684. The molecule has 1 heterocycles. The summed E-state index contributed by atoms with van der Waals surface area (Å²) in [6.07, 6.45) is 1.61. The van der Waals surface area contributed by atoms with Crippen molar-refractivity contribution in [3.63, 3.8) is 0 Å². The minimum Gasteiger partial charge on any atom is -0.490 e. The highest BCUT2D eigenvalue weighted by molar-refractivity contribution is 14.1. The molecule has 0 amide bonds. The van der Waals surface area contributed by atoms with E-state index in [0.29, 0.717) is 35.8 Å². The summed E-state index contributed by atoms with van der Waals surface area (Å²) < 4.78 is 32.4. The first-order valence-corrected chi connectivity index (χ1v) is 11.9. The number of halogens is 3. The van der Waals surface area contributed by atoms with E-state index in [4.69, 9.17) is 14.2 Å². The molecule has 5 nitrogen and oxygen atoms in total. The molecule has 3 aromatic rings. The van der Waals surface area contributed by atoms with Gasteiger partial charge in [-0.1, -0.05) is 40.2 Å². The summed E-state index contributed by atoms with van der Waals surface area (Å²) in [4.78, 5) is 16.6. The maximum Gasteiger partial charge on any atom is 0.363 e. The van der Waals surface area contributed by atoms with Crippen LogP contribution in [0.2, 0.25) is 0 Å². The molecule has 168 valence electrons. The molecule has 0 saturated carbocycles. The monoisotopic (exact) mass is 621 g/mol. The number of rotatable bonds is 7. The van der Waals surface area contributed by atoms with E-state index in [2.05, 4.69) is 43.5 Å². The zero-order valence-electron chi connectivity index (χ0n) is 17.5. The molecule has 0 radical (unpaired) electrons. The summed E-state index contributed by atoms with van der Waals surface area (Å²) in [5, 5.41) is 0. The van der Waals surface area contributed by atoms with Gasteiger partial charge in [0.15, 0.2) is 17.2 Å². The highest BCUT2D eigenvalue weighted by Gasteiger charge is 2.25. The Morgan fingerprint density at radius 2 is 1.94 bits per heavy atom. The van der Waals surface area contributed by atoms with Crippen LogP contribution in [0.5, 0.6) is 11.5 Å². The number of nitrogens with zero attached hydrogens (tertiary/aromatic N) is 1. The van der Waals surface area contributed by atoms with Crippen molar-refractivity contribution in [2.45, 2.75) is 13.5 Å². The van der Waals surface area contributed by atoms with E-state index in [1.54, 1.807) is 18.2 Å². The van der Waals surface area contributed by atoms with Crippen molar-refractivity contribution in [3.05, 3.63) is 96.9 Å². The molecule has 1 aliphatic heterocycles. The molecule has 1 aliphatic rings. The third-order valence-corrected chi connectivity index (χ3v) is 6.23. The smallest absolute Gasteiger partial charge is 0.363 e. The topological polar surface area (TPSA) is 57.1 Å². The molecule has 8 heteroatoms. The number of carbonyl (C=O) groups is 1. The Morgan fingerprint density at radius 3 is 2.70 bits per heavy atom. The second-order valence-electron chi connectivity index (χ2n) is 6.99. The maximum absolute atomic E-state index is 13.5. The Morgan fingerprint density at radius 1 is 1.12 bits per heavy atom. The Labute approximate surface area is 212 Å². The summed E-state index contributed by atoms with van der Waals surface area (Å²) in [6.45, 7) is 2.70. The molecule has 0 N–H and O–H groups in total. The van der Waals surface area contributed by atoms with Crippen LogP contribution in [0.4, 0.5) is 4.39 Å². The number of hydrogen-bond donors (Lipinski definition) is 0. The van der Waals surface area contributed by atoms with Crippen LogP contribution in [0.3, 0.4) is 0 Å². The second-order valence-corrected chi connectivity index (χ2v) is 9.01. The Bertz CT molecular complexity index is 1280. The Balaban J connectivity index is 1.62. The van der Waals surface area contributed by atoms with Crippen molar-refractivity contribution >= 4 is 56.5 Å². The number of ether oxygens (including phenoxy) is 3. The normalized spacial score (nSPS) is 14.2. The number of aliphatic imine (C=N–C) groups is 1. The summed E-state index contributed by atoms with van der Waals surface area (Å²) in [7, 11) is 0. The molecular formula is C25H18BrFINO4. The van der Waals surface area contributed by atoms with Crippen LogP contribution in [-0.2, 0) is 16.1 Å². The average molecular weight is 622 g/mol. The summed E-state index contributed by atoms with van der Waals surface area (Å²) in [6, 6.07) is 17.2. The van der Waals surface area contributed by atoms with Crippen molar-refractivity contribution in [2.24, 2.45) is 4.99 Å². The first-order valence-electron chi connectivity index (χ1n) is 10.1. The van der Waals surface area contributed by atoms with Crippen LogP contribution < -0.4 is 9.47 Å². The third-order valence-electron chi connectivity index (χ3n) is 4.66. The lowest BCUT2D eigenvalue weighted by Gasteiger charge is -2.15. The van der Waals surface area contributed by atoms with Gasteiger partial charge in [0.05, 0.1) is 10.2 Å². The van der Waals surface area contributed by atoms with Gasteiger partial charge in [0.2, 0.25) is 5.90 Å². The quantitative estimate of drug-likeness (QED) is 0.171. The van der Waals surface area contributed by atoms with E-state index < -0.39 is 11.8 Å². The SMILES string of the molecule is CCOc1cc(/C=C2\N=C(c3cccc(F)c3)OC2=O)cc(I)c1OCc1ccccc1Br. The van der Waals surface area contributed by atoms with Gasteiger partial charge in [-0.3, -0.25) is 0 Å².